The normalized spacial score (nSPS) is 25.5. The third-order valence-electron chi connectivity index (χ3n) is 8.47. The molecule has 3 aliphatic carbocycles. The number of ether oxygens (including phenoxy) is 1. The number of unbranched alkanes of at least 4 members (excludes halogenated alkanes) is 2. The maximum atomic E-state index is 13.8. The van der Waals surface area contributed by atoms with Crippen LogP contribution in [0.25, 0.3) is 0 Å². The predicted octanol–water partition coefficient (Wildman–Crippen LogP) is 6.22. The Kier molecular flexibility index (Phi) is 7.21. The van der Waals surface area contributed by atoms with Gasteiger partial charge in [-0.05, 0) is 59.4 Å². The Morgan fingerprint density at radius 1 is 0.732 bits per heavy atom. The van der Waals surface area contributed by atoms with E-state index in [0.717, 1.165) is 22.3 Å². The lowest BCUT2D eigenvalue weighted by molar-refractivity contribution is -0.143. The lowest BCUT2D eigenvalue weighted by Gasteiger charge is -2.54. The summed E-state index contributed by atoms with van der Waals surface area (Å²) in [5, 5.41) is 0.515. The summed E-state index contributed by atoms with van der Waals surface area (Å²) in [7, 11) is 0. The lowest BCUT2D eigenvalue weighted by atomic mass is 9.54. The van der Waals surface area contributed by atoms with Crippen molar-refractivity contribution in [3.63, 3.8) is 0 Å². The predicted molar refractivity (Wildman–Crippen MR) is 155 cm³/mol. The standard InChI is InChI=1S/C32H26Cl3NO5/c33-20-15-13-19(14-16-20)25(37)18-41-26(38)12-2-1-7-17-36-29(39)27-28(30(36)40)32(35)22-9-4-3-8-21(22)31(27,34)23-10-5-6-11-24(23)32/h3-6,8-11,13-16,27-28H,1-2,7,12,17-18H2/t27-,28-,31?,32?/m0/s1. The molecule has 1 aliphatic heterocycles. The van der Waals surface area contributed by atoms with Crippen LogP contribution in [0.15, 0.2) is 72.8 Å². The third kappa shape index (κ3) is 4.30. The van der Waals surface area contributed by atoms with Gasteiger partial charge in [-0.1, -0.05) is 66.6 Å². The second-order valence-corrected chi connectivity index (χ2v) is 12.3. The Labute approximate surface area is 252 Å². The fourth-order valence-electron chi connectivity index (χ4n) is 6.60. The highest BCUT2D eigenvalue weighted by Crippen LogP contribution is 2.69. The van der Waals surface area contributed by atoms with Crippen molar-refractivity contribution in [3.8, 4) is 0 Å². The molecule has 2 bridgehead atoms. The van der Waals surface area contributed by atoms with Crippen LogP contribution in [0.1, 0.15) is 58.3 Å². The van der Waals surface area contributed by atoms with Gasteiger partial charge >= 0.3 is 5.97 Å². The van der Waals surface area contributed by atoms with E-state index in [1.54, 1.807) is 24.3 Å². The van der Waals surface area contributed by atoms with Crippen molar-refractivity contribution >= 4 is 58.4 Å². The van der Waals surface area contributed by atoms with Gasteiger partial charge in [0.25, 0.3) is 0 Å². The van der Waals surface area contributed by atoms with E-state index in [4.69, 9.17) is 39.5 Å². The summed E-state index contributed by atoms with van der Waals surface area (Å²) >= 11 is 20.7. The molecule has 0 N–H and O–H groups in total. The summed E-state index contributed by atoms with van der Waals surface area (Å²) < 4.78 is 5.11. The highest BCUT2D eigenvalue weighted by Gasteiger charge is 2.72. The molecule has 210 valence electrons. The Hall–Kier alpha value is -3.19. The highest BCUT2D eigenvalue weighted by molar-refractivity contribution is 6.36. The molecule has 1 fully saturated rings. The first-order valence-corrected chi connectivity index (χ1v) is 14.7. The molecule has 0 unspecified atom stereocenters. The smallest absolute Gasteiger partial charge is 0.306 e. The third-order valence-corrected chi connectivity index (χ3v) is 10.0. The number of rotatable bonds is 9. The van der Waals surface area contributed by atoms with E-state index in [1.165, 1.54) is 4.90 Å². The molecular formula is C32H26Cl3NO5. The molecule has 7 rings (SSSR count). The van der Waals surface area contributed by atoms with Crippen LogP contribution in [0.3, 0.4) is 0 Å². The van der Waals surface area contributed by atoms with Crippen LogP contribution in [-0.2, 0) is 28.9 Å². The number of likely N-dealkylation sites (tertiary alicyclic amines) is 1. The van der Waals surface area contributed by atoms with Gasteiger partial charge in [0.15, 0.2) is 12.4 Å². The van der Waals surface area contributed by atoms with Crippen LogP contribution in [-0.4, -0.2) is 41.6 Å². The van der Waals surface area contributed by atoms with Gasteiger partial charge in [-0.3, -0.25) is 24.1 Å². The molecule has 0 saturated carbocycles. The fourth-order valence-corrected chi connectivity index (χ4v) is 7.82. The number of ketones is 1. The van der Waals surface area contributed by atoms with Crippen molar-refractivity contribution in [2.75, 3.05) is 13.2 Å². The van der Waals surface area contributed by atoms with Gasteiger partial charge in [0.05, 0.1) is 11.8 Å². The average molecular weight is 611 g/mol. The van der Waals surface area contributed by atoms with E-state index in [9.17, 15) is 19.2 Å². The number of imide groups is 1. The number of Topliss-reactive ketones (excluding diaryl/α,β-unsaturated/α-hetero) is 1. The van der Waals surface area contributed by atoms with Crippen molar-refractivity contribution in [2.45, 2.75) is 35.4 Å². The molecule has 0 aromatic heterocycles. The summed E-state index contributed by atoms with van der Waals surface area (Å²) in [6.45, 7) is -0.132. The zero-order chi connectivity index (χ0) is 28.9. The number of carbonyl (C=O) groups excluding carboxylic acids is 4. The van der Waals surface area contributed by atoms with E-state index in [2.05, 4.69) is 0 Å². The molecule has 2 amide bonds. The first kappa shape index (κ1) is 28.0. The number of hydrogen-bond acceptors (Lipinski definition) is 5. The zero-order valence-electron chi connectivity index (χ0n) is 21.9. The van der Waals surface area contributed by atoms with Gasteiger partial charge in [-0.15, -0.1) is 23.2 Å². The molecule has 41 heavy (non-hydrogen) atoms. The van der Waals surface area contributed by atoms with Crippen molar-refractivity contribution in [1.82, 2.24) is 4.90 Å². The minimum Gasteiger partial charge on any atom is -0.457 e. The highest BCUT2D eigenvalue weighted by atomic mass is 35.5. The van der Waals surface area contributed by atoms with E-state index in [1.807, 2.05) is 48.5 Å². The van der Waals surface area contributed by atoms with Crippen molar-refractivity contribution in [1.29, 1.82) is 0 Å². The number of esters is 1. The van der Waals surface area contributed by atoms with Crippen molar-refractivity contribution in [3.05, 3.63) is 106 Å². The van der Waals surface area contributed by atoms with Crippen LogP contribution in [0.5, 0.6) is 0 Å². The molecule has 6 nitrogen and oxygen atoms in total. The molecule has 9 heteroatoms. The van der Waals surface area contributed by atoms with Crippen LogP contribution in [0.2, 0.25) is 5.02 Å². The average Bonchev–Trinajstić information content (AvgIpc) is 3.25. The van der Waals surface area contributed by atoms with Crippen LogP contribution < -0.4 is 0 Å². The Bertz CT molecular complexity index is 1450. The van der Waals surface area contributed by atoms with Gasteiger partial charge in [-0.2, -0.15) is 0 Å². The molecule has 3 aromatic rings. The molecule has 1 heterocycles. The molecule has 3 aromatic carbocycles. The van der Waals surface area contributed by atoms with Gasteiger partial charge in [0.1, 0.15) is 9.75 Å². The van der Waals surface area contributed by atoms with Crippen LogP contribution in [0.4, 0.5) is 0 Å². The summed E-state index contributed by atoms with van der Waals surface area (Å²) in [4.78, 5) is 50.9. The van der Waals surface area contributed by atoms with Crippen LogP contribution >= 0.6 is 34.8 Å². The SMILES string of the molecule is O=C(CCCCCN1C(=O)[C@@H]2[C@@H](C1=O)C1(Cl)c3ccccc3C2(Cl)c2ccccc21)OCC(=O)c1ccc(Cl)cc1. The molecule has 2 atom stereocenters. The Balaban J connectivity index is 1.08. The lowest BCUT2D eigenvalue weighted by Crippen LogP contribution is -2.57. The topological polar surface area (TPSA) is 80.8 Å². The first-order chi connectivity index (χ1) is 19.7. The number of alkyl halides is 2. The molecule has 0 radical (unpaired) electrons. The van der Waals surface area contributed by atoms with E-state index in [-0.39, 0.29) is 37.2 Å². The number of amides is 2. The first-order valence-electron chi connectivity index (χ1n) is 13.6. The maximum absolute atomic E-state index is 13.8. The minimum atomic E-state index is -1.19. The quantitative estimate of drug-likeness (QED) is 0.0945. The van der Waals surface area contributed by atoms with E-state index >= 15 is 0 Å². The van der Waals surface area contributed by atoms with E-state index in [0.29, 0.717) is 29.8 Å². The molecule has 0 spiro atoms. The van der Waals surface area contributed by atoms with Gasteiger partial charge in [0, 0.05) is 23.6 Å². The monoisotopic (exact) mass is 609 g/mol. The number of benzene rings is 3. The molecule has 4 aliphatic rings. The van der Waals surface area contributed by atoms with Gasteiger partial charge < -0.3 is 4.74 Å². The Morgan fingerprint density at radius 3 is 1.71 bits per heavy atom. The summed E-state index contributed by atoms with van der Waals surface area (Å²) in [5.74, 6) is -3.05. The van der Waals surface area contributed by atoms with Crippen molar-refractivity contribution in [2.24, 2.45) is 11.8 Å². The van der Waals surface area contributed by atoms with Crippen LogP contribution in [0, 0.1) is 11.8 Å². The summed E-state index contributed by atoms with van der Waals surface area (Å²) in [5.41, 5.74) is 3.50. The van der Waals surface area contributed by atoms with Gasteiger partial charge in [-0.25, -0.2) is 0 Å². The summed E-state index contributed by atoms with van der Waals surface area (Å²) in [6.07, 6.45) is 1.72. The molecule has 1 saturated heterocycles. The fraction of sp³-hybridized carbons (Fsp3) is 0.312. The minimum absolute atomic E-state index is 0.126. The number of hydrogen-bond donors (Lipinski definition) is 0. The number of nitrogens with zero attached hydrogens (tertiary/aromatic N) is 1. The molecular weight excluding hydrogens is 585 g/mol. The van der Waals surface area contributed by atoms with E-state index < -0.39 is 27.6 Å². The maximum Gasteiger partial charge on any atom is 0.306 e. The number of carbonyl (C=O) groups is 4. The van der Waals surface area contributed by atoms with Crippen molar-refractivity contribution < 1.29 is 23.9 Å². The zero-order valence-corrected chi connectivity index (χ0v) is 24.2. The summed E-state index contributed by atoms with van der Waals surface area (Å²) in [6, 6.07) is 21.4. The number of halogens is 3. The second kappa shape index (κ2) is 10.6. The second-order valence-electron chi connectivity index (χ2n) is 10.7. The largest absolute Gasteiger partial charge is 0.457 e. The van der Waals surface area contributed by atoms with Gasteiger partial charge in [0.2, 0.25) is 11.8 Å². The Morgan fingerprint density at radius 2 is 1.22 bits per heavy atom.